The number of carbonyl (C=O) groups excluding carboxylic acids is 1. The number of aliphatic imine (C=N–C) groups is 1. The van der Waals surface area contributed by atoms with E-state index in [9.17, 15) is 4.79 Å². The number of allylic oxidation sites excluding steroid dienone is 1. The second-order valence-electron chi connectivity index (χ2n) is 8.49. The average Bonchev–Trinajstić information content (AvgIpc) is 3.36. The molecule has 0 saturated heterocycles. The van der Waals surface area contributed by atoms with Crippen molar-refractivity contribution in [2.75, 3.05) is 13.7 Å². The predicted molar refractivity (Wildman–Crippen MR) is 115 cm³/mol. The molecule has 6 heteroatoms. The highest BCUT2D eigenvalue weighted by Crippen LogP contribution is 2.27. The lowest BCUT2D eigenvalue weighted by Gasteiger charge is -2.17. The number of esters is 1. The number of methoxy groups -OCH3 is 1. The van der Waals surface area contributed by atoms with Crippen molar-refractivity contribution in [3.05, 3.63) is 64.1 Å². The molecular formula is C23H29N3O3. The first-order chi connectivity index (χ1) is 13.7. The Hall–Kier alpha value is -3.02. The van der Waals surface area contributed by atoms with Gasteiger partial charge < -0.3 is 19.4 Å². The van der Waals surface area contributed by atoms with E-state index < -0.39 is 0 Å². The van der Waals surface area contributed by atoms with Crippen LogP contribution in [0, 0.1) is 19.3 Å². The molecule has 2 aromatic heterocycles. The first-order valence-electron chi connectivity index (χ1n) is 9.72. The van der Waals surface area contributed by atoms with Crippen molar-refractivity contribution in [2.24, 2.45) is 10.4 Å². The maximum atomic E-state index is 12.3. The molecule has 0 unspecified atom stereocenters. The zero-order valence-electron chi connectivity index (χ0n) is 18.0. The third-order valence-corrected chi connectivity index (χ3v) is 4.75. The van der Waals surface area contributed by atoms with E-state index in [1.807, 2.05) is 65.1 Å². The number of aromatic amines is 2. The van der Waals surface area contributed by atoms with Crippen molar-refractivity contribution in [1.29, 1.82) is 0 Å². The number of nitrogens with zero attached hydrogens (tertiary/aromatic N) is 1. The second-order valence-corrected chi connectivity index (χ2v) is 8.49. The highest BCUT2D eigenvalue weighted by molar-refractivity contribution is 6.11. The number of aromatic nitrogens is 2. The number of H-pyrrole nitrogens is 2. The van der Waals surface area contributed by atoms with Crippen LogP contribution in [0.25, 0.3) is 6.08 Å². The molecule has 0 atom stereocenters. The van der Waals surface area contributed by atoms with Crippen LogP contribution in [0.15, 0.2) is 40.9 Å². The van der Waals surface area contributed by atoms with Crippen molar-refractivity contribution in [1.82, 2.24) is 9.97 Å². The van der Waals surface area contributed by atoms with Crippen molar-refractivity contribution >= 4 is 17.8 Å². The SMILES string of the molecule is COC1=CC(c2ccc[nH]2)=NC1=Cc1[nH]c(C)c(CC(=O)OCC(C)(C)C)c1C. The van der Waals surface area contributed by atoms with Gasteiger partial charge in [0.25, 0.3) is 0 Å². The molecule has 3 heterocycles. The van der Waals surface area contributed by atoms with Crippen LogP contribution in [0.2, 0.25) is 0 Å². The number of nitrogens with one attached hydrogen (secondary N) is 2. The summed E-state index contributed by atoms with van der Waals surface area (Å²) in [5.74, 6) is 0.488. The highest BCUT2D eigenvalue weighted by atomic mass is 16.5. The third-order valence-electron chi connectivity index (χ3n) is 4.75. The van der Waals surface area contributed by atoms with Gasteiger partial charge in [0.2, 0.25) is 0 Å². The molecule has 29 heavy (non-hydrogen) atoms. The van der Waals surface area contributed by atoms with Crippen molar-refractivity contribution in [3.63, 3.8) is 0 Å². The van der Waals surface area contributed by atoms with Crippen LogP contribution in [-0.2, 0) is 20.7 Å². The van der Waals surface area contributed by atoms with Crippen LogP contribution >= 0.6 is 0 Å². The van der Waals surface area contributed by atoms with Gasteiger partial charge in [0, 0.05) is 23.7 Å². The molecule has 2 N–H and O–H groups in total. The van der Waals surface area contributed by atoms with Crippen LogP contribution in [-0.4, -0.2) is 35.4 Å². The summed E-state index contributed by atoms with van der Waals surface area (Å²) >= 11 is 0. The Morgan fingerprint density at radius 1 is 1.28 bits per heavy atom. The van der Waals surface area contributed by atoms with Crippen LogP contribution in [0.4, 0.5) is 0 Å². The van der Waals surface area contributed by atoms with Gasteiger partial charge >= 0.3 is 5.97 Å². The highest BCUT2D eigenvalue weighted by Gasteiger charge is 2.20. The van der Waals surface area contributed by atoms with E-state index in [-0.39, 0.29) is 17.8 Å². The molecule has 0 spiro atoms. The van der Waals surface area contributed by atoms with E-state index in [1.54, 1.807) is 7.11 Å². The van der Waals surface area contributed by atoms with Gasteiger partial charge in [-0.25, -0.2) is 4.99 Å². The zero-order valence-corrected chi connectivity index (χ0v) is 18.0. The molecule has 0 radical (unpaired) electrons. The summed E-state index contributed by atoms with van der Waals surface area (Å²) in [6, 6.07) is 3.90. The Morgan fingerprint density at radius 2 is 2.03 bits per heavy atom. The Kier molecular flexibility index (Phi) is 5.82. The lowest BCUT2D eigenvalue weighted by atomic mass is 9.98. The number of rotatable bonds is 6. The molecule has 6 nitrogen and oxygen atoms in total. The molecular weight excluding hydrogens is 366 g/mol. The molecule has 0 aromatic carbocycles. The molecule has 3 rings (SSSR count). The van der Waals surface area contributed by atoms with E-state index in [4.69, 9.17) is 14.5 Å². The van der Waals surface area contributed by atoms with Crippen LogP contribution in [0.1, 0.15) is 49.0 Å². The Labute approximate surface area is 171 Å². The first kappa shape index (κ1) is 20.7. The van der Waals surface area contributed by atoms with Gasteiger partial charge in [-0.1, -0.05) is 20.8 Å². The van der Waals surface area contributed by atoms with Gasteiger partial charge in [-0.2, -0.15) is 0 Å². The van der Waals surface area contributed by atoms with E-state index in [1.165, 1.54) is 0 Å². The molecule has 0 fully saturated rings. The lowest BCUT2D eigenvalue weighted by Crippen LogP contribution is -2.19. The molecule has 154 valence electrons. The fourth-order valence-electron chi connectivity index (χ4n) is 3.16. The van der Waals surface area contributed by atoms with Gasteiger partial charge in [0.05, 0.1) is 31.5 Å². The lowest BCUT2D eigenvalue weighted by molar-refractivity contribution is -0.145. The minimum absolute atomic E-state index is 0.0479. The summed E-state index contributed by atoms with van der Waals surface area (Å²) in [4.78, 5) is 23.5. The number of hydrogen-bond donors (Lipinski definition) is 2. The molecule has 2 aromatic rings. The quantitative estimate of drug-likeness (QED) is 0.709. The monoisotopic (exact) mass is 395 g/mol. The summed E-state index contributed by atoms with van der Waals surface area (Å²) in [7, 11) is 1.64. The van der Waals surface area contributed by atoms with Gasteiger partial charge in [0.1, 0.15) is 11.5 Å². The largest absolute Gasteiger partial charge is 0.494 e. The molecule has 0 bridgehead atoms. The first-order valence-corrected chi connectivity index (χ1v) is 9.72. The number of aryl methyl sites for hydroxylation is 1. The topological polar surface area (TPSA) is 79.5 Å². The van der Waals surface area contributed by atoms with Crippen LogP contribution < -0.4 is 0 Å². The number of ether oxygens (including phenoxy) is 2. The maximum Gasteiger partial charge on any atom is 0.310 e. The van der Waals surface area contributed by atoms with Crippen LogP contribution in [0.3, 0.4) is 0 Å². The average molecular weight is 396 g/mol. The molecule has 0 amide bonds. The van der Waals surface area contributed by atoms with Crippen molar-refractivity contribution in [2.45, 2.75) is 41.0 Å². The summed E-state index contributed by atoms with van der Waals surface area (Å²) in [5, 5.41) is 0. The Morgan fingerprint density at radius 3 is 2.66 bits per heavy atom. The van der Waals surface area contributed by atoms with Gasteiger partial charge in [-0.05, 0) is 48.6 Å². The van der Waals surface area contributed by atoms with Gasteiger partial charge in [0.15, 0.2) is 0 Å². The van der Waals surface area contributed by atoms with E-state index >= 15 is 0 Å². The summed E-state index contributed by atoms with van der Waals surface area (Å²) < 4.78 is 10.9. The van der Waals surface area contributed by atoms with Gasteiger partial charge in [-0.15, -0.1) is 0 Å². The fraction of sp³-hybridized carbons (Fsp3) is 0.391. The fourth-order valence-corrected chi connectivity index (χ4v) is 3.16. The zero-order chi connectivity index (χ0) is 21.2. The number of carbonyl (C=O) groups is 1. The van der Waals surface area contributed by atoms with E-state index in [0.717, 1.165) is 39.6 Å². The standard InChI is InChI=1S/C23H29N3O3/c1-14-16(10-22(27)29-13-23(3,4)5)15(2)25-18(14)11-20-21(28-6)12-19(26-20)17-8-7-9-24-17/h7-9,11-12,24-25H,10,13H2,1-6H3. The molecule has 1 aliphatic rings. The van der Waals surface area contributed by atoms with Crippen LogP contribution in [0.5, 0.6) is 0 Å². The summed E-state index contributed by atoms with van der Waals surface area (Å²) in [6.07, 6.45) is 5.98. The summed E-state index contributed by atoms with van der Waals surface area (Å²) in [6.45, 7) is 10.5. The summed E-state index contributed by atoms with van der Waals surface area (Å²) in [5.41, 5.74) is 6.30. The second kappa shape index (κ2) is 8.15. The predicted octanol–water partition coefficient (Wildman–Crippen LogP) is 4.47. The van der Waals surface area contributed by atoms with E-state index in [2.05, 4.69) is 9.97 Å². The minimum Gasteiger partial charge on any atom is -0.494 e. The molecule has 0 saturated carbocycles. The number of hydrogen-bond acceptors (Lipinski definition) is 4. The minimum atomic E-state index is -0.213. The Bertz CT molecular complexity index is 983. The normalized spacial score (nSPS) is 15.4. The molecule has 0 aliphatic carbocycles. The van der Waals surface area contributed by atoms with E-state index in [0.29, 0.717) is 12.4 Å². The molecule has 1 aliphatic heterocycles. The third kappa shape index (κ3) is 4.88. The van der Waals surface area contributed by atoms with Crippen molar-refractivity contribution in [3.8, 4) is 0 Å². The van der Waals surface area contributed by atoms with Crippen molar-refractivity contribution < 1.29 is 14.3 Å². The van der Waals surface area contributed by atoms with Gasteiger partial charge in [-0.3, -0.25) is 4.79 Å². The smallest absolute Gasteiger partial charge is 0.310 e. The Balaban J connectivity index is 1.83. The maximum absolute atomic E-state index is 12.3.